The van der Waals surface area contributed by atoms with Crippen molar-refractivity contribution in [2.75, 3.05) is 6.54 Å². The van der Waals surface area contributed by atoms with E-state index in [9.17, 15) is 9.90 Å². The van der Waals surface area contributed by atoms with Gasteiger partial charge in [0.05, 0.1) is 22.6 Å². The zero-order valence-corrected chi connectivity index (χ0v) is 15.0. The number of hydrogen-bond donors (Lipinski definition) is 2. The molecule has 2 aliphatic rings. The van der Waals surface area contributed by atoms with Gasteiger partial charge in [-0.15, -0.1) is 0 Å². The molecule has 4 aromatic rings. The van der Waals surface area contributed by atoms with E-state index in [-0.39, 0.29) is 17.5 Å². The Labute approximate surface area is 160 Å². The molecule has 6 rings (SSSR count). The first-order valence-corrected chi connectivity index (χ1v) is 9.52. The van der Waals surface area contributed by atoms with Crippen molar-refractivity contribution in [1.82, 2.24) is 14.5 Å². The van der Waals surface area contributed by atoms with E-state index in [0.717, 1.165) is 16.6 Å². The maximum Gasteiger partial charge on any atom is 0.261 e. The molecule has 28 heavy (non-hydrogen) atoms. The van der Waals surface area contributed by atoms with E-state index in [1.54, 1.807) is 10.6 Å². The Morgan fingerprint density at radius 3 is 2.75 bits per heavy atom. The number of aliphatic hydroxyl groups is 1. The lowest BCUT2D eigenvalue weighted by Gasteiger charge is -2.26. The van der Waals surface area contributed by atoms with Crippen LogP contribution in [0.4, 0.5) is 0 Å². The molecule has 2 aromatic carbocycles. The van der Waals surface area contributed by atoms with Gasteiger partial charge in [-0.2, -0.15) is 0 Å². The number of aromatic amines is 1. The largest absolute Gasteiger partial charge is 0.385 e. The Kier molecular flexibility index (Phi) is 3.17. The lowest BCUT2D eigenvalue weighted by molar-refractivity contribution is 0.166. The summed E-state index contributed by atoms with van der Waals surface area (Å²) in [7, 11) is 0. The molecule has 2 aliphatic heterocycles. The average Bonchev–Trinajstić information content (AvgIpc) is 3.26. The van der Waals surface area contributed by atoms with Crippen LogP contribution >= 0.6 is 0 Å². The maximum absolute atomic E-state index is 13.3. The molecule has 6 heteroatoms. The Balaban J connectivity index is 1.59. The molecular weight excluding hydrogens is 352 g/mol. The van der Waals surface area contributed by atoms with Crippen LogP contribution in [0.3, 0.4) is 0 Å². The second-order valence-corrected chi connectivity index (χ2v) is 7.58. The van der Waals surface area contributed by atoms with Gasteiger partial charge in [0.15, 0.2) is 0 Å². The first-order valence-electron chi connectivity index (χ1n) is 9.52. The molecule has 2 aromatic heterocycles. The standard InChI is InChI=1S/C22H18N4O2/c27-19-9-18(26-21(19)25-16-8-4-2-6-13(16)22(26)28)14-10-23-11-17-20(14)12-5-1-3-7-15(12)24-17/h1-8,11,14,18-19,24,27H,9-10H2. The molecule has 0 radical (unpaired) electrons. The van der Waals surface area contributed by atoms with E-state index < -0.39 is 6.10 Å². The Hall–Kier alpha value is -3.25. The minimum absolute atomic E-state index is 0.00714. The van der Waals surface area contributed by atoms with Crippen LogP contribution in [0.15, 0.2) is 58.3 Å². The van der Waals surface area contributed by atoms with Crippen molar-refractivity contribution < 1.29 is 5.11 Å². The summed E-state index contributed by atoms with van der Waals surface area (Å²) in [5.74, 6) is 0.470. The molecule has 4 heterocycles. The molecule has 3 atom stereocenters. The predicted octanol–water partition coefficient (Wildman–Crippen LogP) is 3.07. The number of nitrogens with zero attached hydrogens (tertiary/aromatic N) is 3. The van der Waals surface area contributed by atoms with Crippen molar-refractivity contribution >= 4 is 28.0 Å². The number of benzene rings is 2. The second-order valence-electron chi connectivity index (χ2n) is 7.58. The zero-order chi connectivity index (χ0) is 18.8. The van der Waals surface area contributed by atoms with Crippen LogP contribution < -0.4 is 5.56 Å². The summed E-state index contributed by atoms with van der Waals surface area (Å²) < 4.78 is 1.71. The van der Waals surface area contributed by atoms with Gasteiger partial charge in [0, 0.05) is 36.0 Å². The minimum atomic E-state index is -0.748. The van der Waals surface area contributed by atoms with Gasteiger partial charge in [-0.05, 0) is 23.8 Å². The van der Waals surface area contributed by atoms with Crippen LogP contribution in [0, 0.1) is 0 Å². The topological polar surface area (TPSA) is 83.3 Å². The van der Waals surface area contributed by atoms with Gasteiger partial charge in [0.1, 0.15) is 11.9 Å². The number of hydrogen-bond acceptors (Lipinski definition) is 4. The van der Waals surface area contributed by atoms with Crippen molar-refractivity contribution in [3.8, 4) is 0 Å². The van der Waals surface area contributed by atoms with Gasteiger partial charge in [0.25, 0.3) is 5.56 Å². The quantitative estimate of drug-likeness (QED) is 0.540. The normalized spacial score (nSPS) is 23.2. The van der Waals surface area contributed by atoms with Gasteiger partial charge in [-0.25, -0.2) is 4.98 Å². The number of rotatable bonds is 1. The van der Waals surface area contributed by atoms with E-state index in [2.05, 4.69) is 27.1 Å². The molecule has 0 saturated heterocycles. The summed E-state index contributed by atoms with van der Waals surface area (Å²) in [5, 5.41) is 12.4. The summed E-state index contributed by atoms with van der Waals surface area (Å²) in [6, 6.07) is 15.3. The zero-order valence-electron chi connectivity index (χ0n) is 15.0. The monoisotopic (exact) mass is 370 g/mol. The van der Waals surface area contributed by atoms with Crippen molar-refractivity contribution in [2.45, 2.75) is 24.5 Å². The molecule has 0 bridgehead atoms. The second kappa shape index (κ2) is 5.62. The van der Waals surface area contributed by atoms with E-state index >= 15 is 0 Å². The fraction of sp³-hybridized carbons (Fsp3) is 0.227. The fourth-order valence-electron chi connectivity index (χ4n) is 4.85. The SMILES string of the molecule is O=c1c2ccccc2nc2n1C(C1CN=Cc3[nH]c4ccccc4c31)CC2O. The molecule has 0 spiro atoms. The smallest absolute Gasteiger partial charge is 0.261 e. The molecule has 138 valence electrons. The minimum Gasteiger partial charge on any atom is -0.385 e. The van der Waals surface area contributed by atoms with Gasteiger partial charge in [-0.1, -0.05) is 30.3 Å². The third kappa shape index (κ3) is 2.03. The third-order valence-corrected chi connectivity index (χ3v) is 6.06. The van der Waals surface area contributed by atoms with Crippen LogP contribution in [-0.4, -0.2) is 32.4 Å². The Morgan fingerprint density at radius 2 is 1.86 bits per heavy atom. The van der Waals surface area contributed by atoms with E-state index in [1.165, 1.54) is 5.56 Å². The number of para-hydroxylation sites is 2. The van der Waals surface area contributed by atoms with Crippen LogP contribution in [0.25, 0.3) is 21.8 Å². The van der Waals surface area contributed by atoms with Crippen molar-refractivity contribution in [3.05, 3.63) is 76.0 Å². The molecule has 0 aliphatic carbocycles. The van der Waals surface area contributed by atoms with Crippen LogP contribution in [0.2, 0.25) is 0 Å². The number of H-pyrrole nitrogens is 1. The van der Waals surface area contributed by atoms with Crippen molar-refractivity contribution in [2.24, 2.45) is 4.99 Å². The molecule has 3 unspecified atom stereocenters. The van der Waals surface area contributed by atoms with Gasteiger partial charge < -0.3 is 10.1 Å². The first-order chi connectivity index (χ1) is 13.7. The molecule has 0 saturated carbocycles. The highest BCUT2D eigenvalue weighted by atomic mass is 16.3. The predicted molar refractivity (Wildman–Crippen MR) is 108 cm³/mol. The highest BCUT2D eigenvalue weighted by molar-refractivity contribution is 5.95. The molecule has 0 amide bonds. The Morgan fingerprint density at radius 1 is 1.07 bits per heavy atom. The molecule has 2 N–H and O–H groups in total. The highest BCUT2D eigenvalue weighted by Gasteiger charge is 2.40. The van der Waals surface area contributed by atoms with E-state index in [4.69, 9.17) is 0 Å². The number of aromatic nitrogens is 3. The van der Waals surface area contributed by atoms with Crippen LogP contribution in [-0.2, 0) is 0 Å². The number of fused-ring (bicyclic) bond motifs is 5. The lowest BCUT2D eigenvalue weighted by Crippen LogP contribution is -2.30. The fourth-order valence-corrected chi connectivity index (χ4v) is 4.85. The van der Waals surface area contributed by atoms with Crippen LogP contribution in [0.5, 0.6) is 0 Å². The molecule has 0 fully saturated rings. The maximum atomic E-state index is 13.3. The highest BCUT2D eigenvalue weighted by Crippen LogP contribution is 2.45. The van der Waals surface area contributed by atoms with E-state index in [1.807, 2.05) is 36.5 Å². The summed E-state index contributed by atoms with van der Waals surface area (Å²) in [5.41, 5.74) is 3.78. The van der Waals surface area contributed by atoms with Gasteiger partial charge >= 0.3 is 0 Å². The van der Waals surface area contributed by atoms with Crippen molar-refractivity contribution in [3.63, 3.8) is 0 Å². The molecule has 6 nitrogen and oxygen atoms in total. The van der Waals surface area contributed by atoms with Gasteiger partial charge in [0.2, 0.25) is 0 Å². The first kappa shape index (κ1) is 15.8. The average molecular weight is 370 g/mol. The summed E-state index contributed by atoms with van der Waals surface area (Å²) >= 11 is 0. The summed E-state index contributed by atoms with van der Waals surface area (Å²) in [4.78, 5) is 25.9. The Bertz CT molecular complexity index is 1330. The molecular formula is C22H18N4O2. The number of aliphatic hydroxyl groups excluding tert-OH is 1. The van der Waals surface area contributed by atoms with Crippen LogP contribution in [0.1, 0.15) is 41.6 Å². The van der Waals surface area contributed by atoms with E-state index in [0.29, 0.717) is 29.7 Å². The van der Waals surface area contributed by atoms with Gasteiger partial charge in [-0.3, -0.25) is 14.4 Å². The summed E-state index contributed by atoms with van der Waals surface area (Å²) in [6.45, 7) is 0.588. The third-order valence-electron chi connectivity index (χ3n) is 6.06. The van der Waals surface area contributed by atoms with Crippen molar-refractivity contribution in [1.29, 1.82) is 0 Å². The number of aliphatic imine (C=N–C) groups is 1. The number of nitrogens with one attached hydrogen (secondary N) is 1. The lowest BCUT2D eigenvalue weighted by atomic mass is 9.86. The summed E-state index contributed by atoms with van der Waals surface area (Å²) in [6.07, 6.45) is 1.60.